The molecule has 2 rings (SSSR count). The minimum Gasteiger partial charge on any atom is -0.348 e. The van der Waals surface area contributed by atoms with Crippen LogP contribution in [0.25, 0.3) is 0 Å². The predicted octanol–water partition coefficient (Wildman–Crippen LogP) is 1.87. The van der Waals surface area contributed by atoms with Gasteiger partial charge in [-0.2, -0.15) is 0 Å². The van der Waals surface area contributed by atoms with Crippen molar-refractivity contribution in [3.8, 4) is 0 Å². The van der Waals surface area contributed by atoms with E-state index in [2.05, 4.69) is 10.6 Å². The van der Waals surface area contributed by atoms with E-state index in [1.165, 1.54) is 0 Å². The van der Waals surface area contributed by atoms with Gasteiger partial charge in [-0.05, 0) is 31.5 Å². The van der Waals surface area contributed by atoms with Crippen LogP contribution in [-0.4, -0.2) is 25.0 Å². The average Bonchev–Trinajstić information content (AvgIpc) is 2.29. The SMILES string of the molecule is Cl.O=C(N[C@H]1CCCNC1)c1cc(F)cc(F)c1. The first-order valence-corrected chi connectivity index (χ1v) is 5.63. The molecule has 1 amide bonds. The molecule has 0 bridgehead atoms. The van der Waals surface area contributed by atoms with Gasteiger partial charge in [-0.25, -0.2) is 8.78 Å². The fraction of sp³-hybridized carbons (Fsp3) is 0.417. The van der Waals surface area contributed by atoms with Gasteiger partial charge in [-0.1, -0.05) is 0 Å². The van der Waals surface area contributed by atoms with E-state index in [-0.39, 0.29) is 24.0 Å². The van der Waals surface area contributed by atoms with Gasteiger partial charge in [-0.3, -0.25) is 4.79 Å². The maximum Gasteiger partial charge on any atom is 0.251 e. The van der Waals surface area contributed by atoms with Gasteiger partial charge in [0.25, 0.3) is 5.91 Å². The van der Waals surface area contributed by atoms with Crippen LogP contribution in [-0.2, 0) is 0 Å². The number of rotatable bonds is 2. The second kappa shape index (κ2) is 6.66. The lowest BCUT2D eigenvalue weighted by Gasteiger charge is -2.23. The maximum atomic E-state index is 12.9. The van der Waals surface area contributed by atoms with Crippen molar-refractivity contribution in [1.82, 2.24) is 10.6 Å². The number of hydrogen-bond acceptors (Lipinski definition) is 2. The molecule has 1 aliphatic heterocycles. The first kappa shape index (κ1) is 14.9. The van der Waals surface area contributed by atoms with E-state index in [4.69, 9.17) is 0 Å². The van der Waals surface area contributed by atoms with Gasteiger partial charge in [0.05, 0.1) is 0 Å². The van der Waals surface area contributed by atoms with Crippen molar-refractivity contribution in [3.05, 3.63) is 35.4 Å². The lowest BCUT2D eigenvalue weighted by Crippen LogP contribution is -2.45. The van der Waals surface area contributed by atoms with Crippen LogP contribution >= 0.6 is 12.4 Å². The van der Waals surface area contributed by atoms with Crippen molar-refractivity contribution >= 4 is 18.3 Å². The van der Waals surface area contributed by atoms with E-state index >= 15 is 0 Å². The second-order valence-corrected chi connectivity index (χ2v) is 4.17. The lowest BCUT2D eigenvalue weighted by molar-refractivity contribution is 0.0929. The molecule has 0 spiro atoms. The van der Waals surface area contributed by atoms with Crippen LogP contribution in [0.2, 0.25) is 0 Å². The molecule has 1 aromatic rings. The summed E-state index contributed by atoms with van der Waals surface area (Å²) in [6, 6.07) is 2.85. The quantitative estimate of drug-likeness (QED) is 0.866. The predicted molar refractivity (Wildman–Crippen MR) is 67.0 cm³/mol. The highest BCUT2D eigenvalue weighted by Crippen LogP contribution is 2.09. The number of carbonyl (C=O) groups excluding carboxylic acids is 1. The first-order chi connectivity index (χ1) is 8.15. The van der Waals surface area contributed by atoms with E-state index in [0.717, 1.165) is 37.6 Å². The zero-order valence-corrected chi connectivity index (χ0v) is 10.5. The number of carbonyl (C=O) groups is 1. The van der Waals surface area contributed by atoms with Crippen LogP contribution in [0.1, 0.15) is 23.2 Å². The molecule has 2 N–H and O–H groups in total. The van der Waals surface area contributed by atoms with E-state index in [1.54, 1.807) is 0 Å². The van der Waals surface area contributed by atoms with Crippen molar-refractivity contribution < 1.29 is 13.6 Å². The fourth-order valence-corrected chi connectivity index (χ4v) is 1.93. The summed E-state index contributed by atoms with van der Waals surface area (Å²) in [6.07, 6.45) is 1.87. The first-order valence-electron chi connectivity index (χ1n) is 5.63. The highest BCUT2D eigenvalue weighted by molar-refractivity contribution is 5.94. The molecular weight excluding hydrogens is 262 g/mol. The third-order valence-corrected chi connectivity index (χ3v) is 2.76. The fourth-order valence-electron chi connectivity index (χ4n) is 1.93. The molecule has 1 fully saturated rings. The van der Waals surface area contributed by atoms with Crippen molar-refractivity contribution in [2.75, 3.05) is 13.1 Å². The topological polar surface area (TPSA) is 41.1 Å². The highest BCUT2D eigenvalue weighted by Gasteiger charge is 2.17. The normalized spacial score (nSPS) is 18.9. The Hall–Kier alpha value is -1.20. The van der Waals surface area contributed by atoms with Crippen molar-refractivity contribution in [2.45, 2.75) is 18.9 Å². The maximum absolute atomic E-state index is 12.9. The zero-order valence-electron chi connectivity index (χ0n) is 9.71. The Kier molecular flexibility index (Phi) is 5.50. The van der Waals surface area contributed by atoms with Crippen LogP contribution < -0.4 is 10.6 Å². The van der Waals surface area contributed by atoms with E-state index in [1.807, 2.05) is 0 Å². The molecular formula is C12H15ClF2N2O. The van der Waals surface area contributed by atoms with E-state index < -0.39 is 17.5 Å². The molecule has 1 heterocycles. The van der Waals surface area contributed by atoms with Crippen LogP contribution in [0.3, 0.4) is 0 Å². The second-order valence-electron chi connectivity index (χ2n) is 4.17. The number of nitrogens with one attached hydrogen (secondary N) is 2. The average molecular weight is 277 g/mol. The minimum absolute atomic E-state index is 0. The molecule has 0 aliphatic carbocycles. The Bertz CT molecular complexity index is 402. The Morgan fingerprint density at radius 1 is 1.28 bits per heavy atom. The molecule has 1 saturated heterocycles. The summed E-state index contributed by atoms with van der Waals surface area (Å²) in [5, 5.41) is 5.91. The van der Waals surface area contributed by atoms with Gasteiger partial charge in [0.2, 0.25) is 0 Å². The van der Waals surface area contributed by atoms with Gasteiger partial charge < -0.3 is 10.6 Å². The Morgan fingerprint density at radius 2 is 1.94 bits per heavy atom. The molecule has 6 heteroatoms. The zero-order chi connectivity index (χ0) is 12.3. The van der Waals surface area contributed by atoms with Crippen molar-refractivity contribution in [3.63, 3.8) is 0 Å². The lowest BCUT2D eigenvalue weighted by atomic mass is 10.1. The summed E-state index contributed by atoms with van der Waals surface area (Å²) in [7, 11) is 0. The van der Waals surface area contributed by atoms with Gasteiger partial charge in [0, 0.05) is 24.2 Å². The van der Waals surface area contributed by atoms with E-state index in [9.17, 15) is 13.6 Å². The molecule has 1 aromatic carbocycles. The van der Waals surface area contributed by atoms with Gasteiger partial charge in [0.15, 0.2) is 0 Å². The molecule has 0 aromatic heterocycles. The molecule has 0 unspecified atom stereocenters. The number of amides is 1. The molecule has 0 saturated carbocycles. The summed E-state index contributed by atoms with van der Waals surface area (Å²) < 4.78 is 25.9. The minimum atomic E-state index is -0.739. The Labute approximate surface area is 110 Å². The number of piperidine rings is 1. The smallest absolute Gasteiger partial charge is 0.251 e. The van der Waals surface area contributed by atoms with E-state index in [0.29, 0.717) is 6.54 Å². The monoisotopic (exact) mass is 276 g/mol. The molecule has 1 aliphatic rings. The van der Waals surface area contributed by atoms with Crippen LogP contribution in [0, 0.1) is 11.6 Å². The Balaban J connectivity index is 0.00000162. The summed E-state index contributed by atoms with van der Waals surface area (Å²) >= 11 is 0. The van der Waals surface area contributed by atoms with Crippen LogP contribution in [0.4, 0.5) is 8.78 Å². The van der Waals surface area contributed by atoms with Crippen LogP contribution in [0.15, 0.2) is 18.2 Å². The highest BCUT2D eigenvalue weighted by atomic mass is 35.5. The summed E-state index contributed by atoms with van der Waals surface area (Å²) in [6.45, 7) is 1.64. The van der Waals surface area contributed by atoms with Crippen LogP contribution in [0.5, 0.6) is 0 Å². The molecule has 100 valence electrons. The van der Waals surface area contributed by atoms with Gasteiger partial charge in [0.1, 0.15) is 11.6 Å². The molecule has 0 radical (unpaired) electrons. The Morgan fingerprint density at radius 3 is 2.50 bits per heavy atom. The van der Waals surface area contributed by atoms with Gasteiger partial charge in [-0.15, -0.1) is 12.4 Å². The number of hydrogen-bond donors (Lipinski definition) is 2. The summed E-state index contributed by atoms with van der Waals surface area (Å²) in [4.78, 5) is 11.7. The molecule has 3 nitrogen and oxygen atoms in total. The van der Waals surface area contributed by atoms with Crippen molar-refractivity contribution in [1.29, 1.82) is 0 Å². The summed E-state index contributed by atoms with van der Waals surface area (Å²) in [5.74, 6) is -1.91. The summed E-state index contributed by atoms with van der Waals surface area (Å²) in [5.41, 5.74) is 0.0214. The third kappa shape index (κ3) is 3.92. The third-order valence-electron chi connectivity index (χ3n) is 2.76. The molecule has 18 heavy (non-hydrogen) atoms. The standard InChI is InChI=1S/C12H14F2N2O.ClH/c13-9-4-8(5-10(14)6-9)12(17)16-11-2-1-3-15-7-11;/h4-6,11,15H,1-3,7H2,(H,16,17);1H/t11-;/m0./s1. The van der Waals surface area contributed by atoms with Crippen molar-refractivity contribution in [2.24, 2.45) is 0 Å². The van der Waals surface area contributed by atoms with Gasteiger partial charge >= 0.3 is 0 Å². The largest absolute Gasteiger partial charge is 0.348 e. The number of benzene rings is 1. The molecule has 1 atom stereocenters. The number of halogens is 3.